The molecule has 0 saturated heterocycles. The minimum absolute atomic E-state index is 0.0528. The lowest BCUT2D eigenvalue weighted by Gasteiger charge is -2.19. The van der Waals surface area contributed by atoms with E-state index in [9.17, 15) is 14.7 Å². The molecule has 0 spiro atoms. The molecule has 0 aliphatic carbocycles. The number of nitrogens with zero attached hydrogens (tertiary/aromatic N) is 1. The fraction of sp³-hybridized carbons (Fsp3) is 0.286. The normalized spacial score (nSPS) is 12.6. The van der Waals surface area contributed by atoms with Gasteiger partial charge in [-0.05, 0) is 78.8 Å². The van der Waals surface area contributed by atoms with Gasteiger partial charge in [0.1, 0.15) is 5.75 Å². The second-order valence-electron chi connectivity index (χ2n) is 8.86. The molecule has 1 amide bonds. The summed E-state index contributed by atoms with van der Waals surface area (Å²) >= 11 is 0. The first kappa shape index (κ1) is 22.6. The number of benzene rings is 3. The molecule has 4 rings (SSSR count). The van der Waals surface area contributed by atoms with Crippen LogP contribution in [0.1, 0.15) is 49.3 Å². The van der Waals surface area contributed by atoms with E-state index in [0.717, 1.165) is 50.1 Å². The van der Waals surface area contributed by atoms with E-state index < -0.39 is 5.97 Å². The predicted octanol–water partition coefficient (Wildman–Crippen LogP) is 5.38. The van der Waals surface area contributed by atoms with Crippen LogP contribution < -0.4 is 4.74 Å². The minimum Gasteiger partial charge on any atom is -0.496 e. The van der Waals surface area contributed by atoms with Gasteiger partial charge in [-0.3, -0.25) is 9.59 Å². The largest absolute Gasteiger partial charge is 0.496 e. The van der Waals surface area contributed by atoms with Crippen molar-refractivity contribution in [1.82, 2.24) is 4.90 Å². The molecule has 5 nitrogen and oxygen atoms in total. The quantitative estimate of drug-likeness (QED) is 0.575. The Morgan fingerprint density at radius 2 is 1.52 bits per heavy atom. The highest BCUT2D eigenvalue weighted by Gasteiger charge is 2.31. The first-order valence-electron chi connectivity index (χ1n) is 11.1. The summed E-state index contributed by atoms with van der Waals surface area (Å²) in [4.78, 5) is 27.1. The fourth-order valence-corrected chi connectivity index (χ4v) is 4.85. The van der Waals surface area contributed by atoms with Crippen LogP contribution in [-0.4, -0.2) is 29.0 Å². The summed E-state index contributed by atoms with van der Waals surface area (Å²) < 4.78 is 5.44. The van der Waals surface area contributed by atoms with Crippen molar-refractivity contribution >= 4 is 11.9 Å². The van der Waals surface area contributed by atoms with E-state index in [1.165, 1.54) is 0 Å². The summed E-state index contributed by atoms with van der Waals surface area (Å²) in [6, 6.07) is 13.8. The van der Waals surface area contributed by atoms with Crippen LogP contribution in [0.4, 0.5) is 0 Å². The zero-order chi connectivity index (χ0) is 23.9. The van der Waals surface area contributed by atoms with Crippen molar-refractivity contribution < 1.29 is 19.4 Å². The molecule has 1 heterocycles. The molecule has 0 unspecified atom stereocenters. The highest BCUT2D eigenvalue weighted by molar-refractivity contribution is 5.97. The van der Waals surface area contributed by atoms with Gasteiger partial charge in [0.25, 0.3) is 5.91 Å². The zero-order valence-electron chi connectivity index (χ0n) is 19.8. The Morgan fingerprint density at radius 3 is 2.12 bits per heavy atom. The van der Waals surface area contributed by atoms with Crippen LogP contribution >= 0.6 is 0 Å². The van der Waals surface area contributed by atoms with Crippen LogP contribution in [0.3, 0.4) is 0 Å². The van der Waals surface area contributed by atoms with E-state index in [1.807, 2.05) is 75.1 Å². The molecule has 33 heavy (non-hydrogen) atoms. The maximum Gasteiger partial charge on any atom is 0.307 e. The number of aliphatic carboxylic acids is 1. The molecule has 5 heteroatoms. The molecule has 170 valence electrons. The van der Waals surface area contributed by atoms with Gasteiger partial charge in [0.2, 0.25) is 0 Å². The van der Waals surface area contributed by atoms with Gasteiger partial charge in [-0.15, -0.1) is 0 Å². The Kier molecular flexibility index (Phi) is 5.98. The summed E-state index contributed by atoms with van der Waals surface area (Å²) in [6.45, 7) is 8.96. The molecule has 3 aromatic rings. The second-order valence-corrected chi connectivity index (χ2v) is 8.86. The first-order valence-corrected chi connectivity index (χ1v) is 11.1. The Bertz CT molecular complexity index is 1260. The SMILES string of the molecule is COc1ccc(C)cc1C(=O)N1Cc2c(C)c(CC(=O)O)c(-c3ccc(C)cc3)c(C)c2C1. The van der Waals surface area contributed by atoms with Crippen molar-refractivity contribution in [2.24, 2.45) is 0 Å². The molecular formula is C28H29NO4. The van der Waals surface area contributed by atoms with Gasteiger partial charge in [-0.25, -0.2) is 0 Å². The van der Waals surface area contributed by atoms with E-state index >= 15 is 0 Å². The van der Waals surface area contributed by atoms with E-state index in [0.29, 0.717) is 24.4 Å². The van der Waals surface area contributed by atoms with Crippen molar-refractivity contribution in [3.8, 4) is 16.9 Å². The van der Waals surface area contributed by atoms with Gasteiger partial charge in [0.05, 0.1) is 19.1 Å². The number of fused-ring (bicyclic) bond motifs is 1. The molecule has 3 aromatic carbocycles. The lowest BCUT2D eigenvalue weighted by molar-refractivity contribution is -0.136. The maximum absolute atomic E-state index is 13.5. The Labute approximate surface area is 194 Å². The average Bonchev–Trinajstić information content (AvgIpc) is 3.24. The van der Waals surface area contributed by atoms with E-state index in [2.05, 4.69) is 0 Å². The van der Waals surface area contributed by atoms with Crippen LogP contribution in [0.25, 0.3) is 11.1 Å². The van der Waals surface area contributed by atoms with Gasteiger partial charge < -0.3 is 14.7 Å². The molecular weight excluding hydrogens is 414 g/mol. The Morgan fingerprint density at radius 1 is 0.909 bits per heavy atom. The smallest absolute Gasteiger partial charge is 0.307 e. The Hall–Kier alpha value is -3.60. The topological polar surface area (TPSA) is 66.8 Å². The minimum atomic E-state index is -0.860. The van der Waals surface area contributed by atoms with Crippen LogP contribution in [0.5, 0.6) is 5.75 Å². The van der Waals surface area contributed by atoms with Gasteiger partial charge >= 0.3 is 5.97 Å². The van der Waals surface area contributed by atoms with Gasteiger partial charge in [0, 0.05) is 13.1 Å². The van der Waals surface area contributed by atoms with Crippen molar-refractivity contribution in [2.45, 2.75) is 47.2 Å². The van der Waals surface area contributed by atoms with E-state index in [-0.39, 0.29) is 12.3 Å². The number of carboxylic acid groups (broad SMARTS) is 1. The number of methoxy groups -OCH3 is 1. The zero-order valence-corrected chi connectivity index (χ0v) is 19.8. The number of amides is 1. The highest BCUT2D eigenvalue weighted by atomic mass is 16.5. The van der Waals surface area contributed by atoms with E-state index in [1.54, 1.807) is 7.11 Å². The van der Waals surface area contributed by atoms with Crippen LogP contribution in [-0.2, 0) is 24.3 Å². The van der Waals surface area contributed by atoms with Crippen molar-refractivity contribution in [2.75, 3.05) is 7.11 Å². The molecule has 1 aliphatic heterocycles. The molecule has 0 bridgehead atoms. The third kappa shape index (κ3) is 4.11. The number of aryl methyl sites for hydroxylation is 2. The number of carbonyl (C=O) groups excluding carboxylic acids is 1. The number of ether oxygens (including phenoxy) is 1. The third-order valence-electron chi connectivity index (χ3n) is 6.64. The molecule has 1 aliphatic rings. The van der Waals surface area contributed by atoms with Gasteiger partial charge in [0.15, 0.2) is 0 Å². The van der Waals surface area contributed by atoms with E-state index in [4.69, 9.17) is 4.74 Å². The fourth-order valence-electron chi connectivity index (χ4n) is 4.85. The molecule has 0 aromatic heterocycles. The lowest BCUT2D eigenvalue weighted by atomic mass is 9.84. The number of hydrogen-bond donors (Lipinski definition) is 1. The van der Waals surface area contributed by atoms with Crippen molar-refractivity contribution in [1.29, 1.82) is 0 Å². The molecule has 0 atom stereocenters. The van der Waals surface area contributed by atoms with Crippen molar-refractivity contribution in [3.63, 3.8) is 0 Å². The van der Waals surface area contributed by atoms with Crippen molar-refractivity contribution in [3.05, 3.63) is 87.0 Å². The second kappa shape index (κ2) is 8.74. The molecule has 0 radical (unpaired) electrons. The standard InChI is InChI=1S/C28H29NO4/c1-16-6-9-20(10-7-16)27-19(4)24-15-29(14-23(24)18(3)21(27)13-26(30)31)28(32)22-12-17(2)8-11-25(22)33-5/h6-12H,13-15H2,1-5H3,(H,30,31). The lowest BCUT2D eigenvalue weighted by Crippen LogP contribution is -2.26. The third-order valence-corrected chi connectivity index (χ3v) is 6.64. The molecule has 0 fully saturated rings. The monoisotopic (exact) mass is 443 g/mol. The molecule has 0 saturated carbocycles. The van der Waals surface area contributed by atoms with Gasteiger partial charge in [-0.2, -0.15) is 0 Å². The highest BCUT2D eigenvalue weighted by Crippen LogP contribution is 2.40. The molecule has 1 N–H and O–H groups in total. The van der Waals surface area contributed by atoms with Crippen LogP contribution in [0, 0.1) is 27.7 Å². The summed E-state index contributed by atoms with van der Waals surface area (Å²) in [6.07, 6.45) is -0.0528. The predicted molar refractivity (Wildman–Crippen MR) is 129 cm³/mol. The number of hydrogen-bond acceptors (Lipinski definition) is 3. The summed E-state index contributed by atoms with van der Waals surface area (Å²) in [5.41, 5.74) is 9.65. The van der Waals surface area contributed by atoms with Gasteiger partial charge in [-0.1, -0.05) is 41.5 Å². The average molecular weight is 444 g/mol. The van der Waals surface area contributed by atoms with Crippen LogP contribution in [0.2, 0.25) is 0 Å². The summed E-state index contributed by atoms with van der Waals surface area (Å²) in [7, 11) is 1.57. The summed E-state index contributed by atoms with van der Waals surface area (Å²) in [5.74, 6) is -0.384. The number of carbonyl (C=O) groups is 2. The Balaban J connectivity index is 1.81. The number of rotatable bonds is 5. The summed E-state index contributed by atoms with van der Waals surface area (Å²) in [5, 5.41) is 9.64. The first-order chi connectivity index (χ1) is 15.7. The number of carboxylic acids is 1. The van der Waals surface area contributed by atoms with Crippen LogP contribution in [0.15, 0.2) is 42.5 Å². The maximum atomic E-state index is 13.5.